The summed E-state index contributed by atoms with van der Waals surface area (Å²) < 4.78 is 5.42. The van der Waals surface area contributed by atoms with E-state index in [4.69, 9.17) is 4.74 Å². The van der Waals surface area contributed by atoms with Gasteiger partial charge in [0.15, 0.2) is 0 Å². The fourth-order valence-electron chi connectivity index (χ4n) is 3.91. The van der Waals surface area contributed by atoms with E-state index < -0.39 is 0 Å². The van der Waals surface area contributed by atoms with E-state index in [1.807, 2.05) is 0 Å². The lowest BCUT2D eigenvalue weighted by molar-refractivity contribution is 0.122. The van der Waals surface area contributed by atoms with Crippen LogP contribution in [0.2, 0.25) is 0 Å². The summed E-state index contributed by atoms with van der Waals surface area (Å²) >= 11 is 0. The van der Waals surface area contributed by atoms with Crippen molar-refractivity contribution < 1.29 is 4.74 Å². The lowest BCUT2D eigenvalue weighted by Crippen LogP contribution is -2.36. The zero-order valence-corrected chi connectivity index (χ0v) is 16.0. The number of H-pyrrole nitrogens is 1. The van der Waals surface area contributed by atoms with Crippen molar-refractivity contribution in [2.75, 3.05) is 37.7 Å². The maximum Gasteiger partial charge on any atom is 0.255 e. The Labute approximate surface area is 160 Å². The van der Waals surface area contributed by atoms with Crippen molar-refractivity contribution in [2.45, 2.75) is 39.3 Å². The van der Waals surface area contributed by atoms with Gasteiger partial charge >= 0.3 is 0 Å². The number of rotatable bonds is 5. The van der Waals surface area contributed by atoms with E-state index in [1.165, 1.54) is 11.3 Å². The predicted molar refractivity (Wildman–Crippen MR) is 106 cm³/mol. The smallest absolute Gasteiger partial charge is 0.255 e. The summed E-state index contributed by atoms with van der Waals surface area (Å²) in [7, 11) is 0. The molecule has 0 radical (unpaired) electrons. The minimum absolute atomic E-state index is 0.0378. The Bertz CT molecular complexity index is 825. The average Bonchev–Trinajstić information content (AvgIpc) is 2.70. The van der Waals surface area contributed by atoms with Crippen molar-refractivity contribution in [1.29, 1.82) is 0 Å². The molecule has 4 rings (SSSR count). The van der Waals surface area contributed by atoms with Crippen molar-refractivity contribution in [3.63, 3.8) is 0 Å². The van der Waals surface area contributed by atoms with E-state index in [-0.39, 0.29) is 5.56 Å². The van der Waals surface area contributed by atoms with Gasteiger partial charge in [-0.15, -0.1) is 0 Å². The topological polar surface area (TPSA) is 61.5 Å². The Kier molecular flexibility index (Phi) is 5.55. The second-order valence-corrected chi connectivity index (χ2v) is 7.41. The van der Waals surface area contributed by atoms with E-state index in [0.29, 0.717) is 6.54 Å². The van der Waals surface area contributed by atoms with E-state index in [2.05, 4.69) is 51.0 Å². The fourth-order valence-corrected chi connectivity index (χ4v) is 3.91. The molecule has 0 saturated carbocycles. The molecule has 0 atom stereocenters. The summed E-state index contributed by atoms with van der Waals surface area (Å²) in [5.41, 5.74) is 4.40. The predicted octanol–water partition coefficient (Wildman–Crippen LogP) is 2.12. The zero-order valence-electron chi connectivity index (χ0n) is 16.0. The molecule has 6 nitrogen and oxygen atoms in total. The third-order valence-electron chi connectivity index (χ3n) is 5.40. The van der Waals surface area contributed by atoms with E-state index in [9.17, 15) is 4.79 Å². The van der Waals surface area contributed by atoms with Crippen LogP contribution in [-0.4, -0.2) is 47.7 Å². The number of anilines is 1. The Balaban J connectivity index is 1.41. The van der Waals surface area contributed by atoms with Crippen LogP contribution in [0.3, 0.4) is 0 Å². The minimum Gasteiger partial charge on any atom is -0.378 e. The van der Waals surface area contributed by atoms with Crippen LogP contribution >= 0.6 is 0 Å². The van der Waals surface area contributed by atoms with Crippen LogP contribution in [0.1, 0.15) is 36.0 Å². The van der Waals surface area contributed by atoms with Gasteiger partial charge in [-0.25, -0.2) is 4.98 Å². The molecule has 0 spiro atoms. The number of hydrogen-bond donors (Lipinski definition) is 1. The van der Waals surface area contributed by atoms with Crippen molar-refractivity contribution in [3.05, 3.63) is 57.3 Å². The molecule has 27 heavy (non-hydrogen) atoms. The number of nitrogens with zero attached hydrogens (tertiary/aromatic N) is 3. The van der Waals surface area contributed by atoms with Crippen LogP contribution in [-0.2, 0) is 30.7 Å². The SMILES string of the molecule is CCCc1nc2c(c(=O)[nH]1)CN(Cc1ccc(N3CCOCC3)cc1)CC2. The first-order valence-corrected chi connectivity index (χ1v) is 9.98. The molecular weight excluding hydrogens is 340 g/mol. The molecule has 0 unspecified atom stereocenters. The number of aromatic amines is 1. The van der Waals surface area contributed by atoms with Gasteiger partial charge in [0.2, 0.25) is 0 Å². The highest BCUT2D eigenvalue weighted by atomic mass is 16.5. The van der Waals surface area contributed by atoms with Crippen LogP contribution in [0.25, 0.3) is 0 Å². The lowest BCUT2D eigenvalue weighted by Gasteiger charge is -2.30. The molecule has 144 valence electrons. The molecule has 0 aliphatic carbocycles. The molecule has 1 saturated heterocycles. The van der Waals surface area contributed by atoms with Gasteiger partial charge in [-0.2, -0.15) is 0 Å². The number of fused-ring (bicyclic) bond motifs is 1. The van der Waals surface area contributed by atoms with Gasteiger partial charge in [0.1, 0.15) is 5.82 Å². The summed E-state index contributed by atoms with van der Waals surface area (Å²) in [5, 5.41) is 0. The number of aryl methyl sites for hydroxylation is 1. The molecule has 6 heteroatoms. The molecular formula is C21H28N4O2. The van der Waals surface area contributed by atoms with Gasteiger partial charge in [0.25, 0.3) is 5.56 Å². The molecule has 0 bridgehead atoms. The maximum atomic E-state index is 12.4. The van der Waals surface area contributed by atoms with Gasteiger partial charge in [0, 0.05) is 51.3 Å². The van der Waals surface area contributed by atoms with Crippen molar-refractivity contribution in [2.24, 2.45) is 0 Å². The quantitative estimate of drug-likeness (QED) is 0.876. The molecule has 1 fully saturated rings. The first-order valence-electron chi connectivity index (χ1n) is 9.98. The van der Waals surface area contributed by atoms with E-state index >= 15 is 0 Å². The standard InChI is InChI=1S/C21H28N4O2/c1-2-3-20-22-19-8-9-24(15-18(19)21(26)23-20)14-16-4-6-17(7-5-16)25-10-12-27-13-11-25/h4-7H,2-3,8-15H2,1H3,(H,22,23,26). The summed E-state index contributed by atoms with van der Waals surface area (Å²) in [4.78, 5) is 24.8. The molecule has 2 aromatic rings. The second-order valence-electron chi connectivity index (χ2n) is 7.41. The highest BCUT2D eigenvalue weighted by Crippen LogP contribution is 2.20. The summed E-state index contributed by atoms with van der Waals surface area (Å²) in [5.74, 6) is 0.827. The monoisotopic (exact) mass is 368 g/mol. The van der Waals surface area contributed by atoms with Crippen LogP contribution in [0, 0.1) is 0 Å². The maximum absolute atomic E-state index is 12.4. The normalized spacial score (nSPS) is 17.7. The highest BCUT2D eigenvalue weighted by Gasteiger charge is 2.21. The summed E-state index contributed by atoms with van der Waals surface area (Å²) in [6, 6.07) is 8.80. The third-order valence-corrected chi connectivity index (χ3v) is 5.40. The Morgan fingerprint density at radius 2 is 1.93 bits per heavy atom. The number of morpholine rings is 1. The van der Waals surface area contributed by atoms with Gasteiger partial charge in [-0.3, -0.25) is 9.69 Å². The molecule has 1 aromatic heterocycles. The van der Waals surface area contributed by atoms with E-state index in [1.54, 1.807) is 0 Å². The number of aromatic nitrogens is 2. The molecule has 1 aromatic carbocycles. The average molecular weight is 368 g/mol. The minimum atomic E-state index is 0.0378. The number of hydrogen-bond acceptors (Lipinski definition) is 5. The van der Waals surface area contributed by atoms with Crippen molar-refractivity contribution in [3.8, 4) is 0 Å². The van der Waals surface area contributed by atoms with Crippen LogP contribution in [0.4, 0.5) is 5.69 Å². The lowest BCUT2D eigenvalue weighted by atomic mass is 10.1. The summed E-state index contributed by atoms with van der Waals surface area (Å²) in [6.07, 6.45) is 2.68. The Morgan fingerprint density at radius 1 is 1.15 bits per heavy atom. The van der Waals surface area contributed by atoms with Crippen molar-refractivity contribution in [1.82, 2.24) is 14.9 Å². The highest BCUT2D eigenvalue weighted by molar-refractivity contribution is 5.48. The molecule has 0 amide bonds. The Morgan fingerprint density at radius 3 is 2.67 bits per heavy atom. The van der Waals surface area contributed by atoms with E-state index in [0.717, 1.165) is 75.7 Å². The Hall–Kier alpha value is -2.18. The number of nitrogens with one attached hydrogen (secondary N) is 1. The van der Waals surface area contributed by atoms with Gasteiger partial charge < -0.3 is 14.6 Å². The number of ether oxygens (including phenoxy) is 1. The molecule has 2 aliphatic heterocycles. The molecule has 2 aliphatic rings. The molecule has 1 N–H and O–H groups in total. The van der Waals surface area contributed by atoms with Crippen molar-refractivity contribution >= 4 is 5.69 Å². The van der Waals surface area contributed by atoms with Crippen LogP contribution < -0.4 is 10.5 Å². The second kappa shape index (κ2) is 8.23. The molecule has 3 heterocycles. The van der Waals surface area contributed by atoms with Gasteiger partial charge in [0.05, 0.1) is 24.5 Å². The van der Waals surface area contributed by atoms with Crippen LogP contribution in [0.5, 0.6) is 0 Å². The van der Waals surface area contributed by atoms with Gasteiger partial charge in [-0.05, 0) is 24.1 Å². The zero-order chi connectivity index (χ0) is 18.6. The largest absolute Gasteiger partial charge is 0.378 e. The fraction of sp³-hybridized carbons (Fsp3) is 0.524. The summed E-state index contributed by atoms with van der Waals surface area (Å²) in [6.45, 7) is 8.10. The first-order chi connectivity index (χ1) is 13.2. The first kappa shape index (κ1) is 18.2. The van der Waals surface area contributed by atoms with Crippen LogP contribution in [0.15, 0.2) is 29.1 Å². The third kappa shape index (κ3) is 4.22. The number of benzene rings is 1. The van der Waals surface area contributed by atoms with Gasteiger partial charge in [-0.1, -0.05) is 19.1 Å².